The quantitative estimate of drug-likeness (QED) is 0.890. The standard InChI is InChI=1S/C13H14N2O3/c1-2-11-14-9-5-3-4-6-10(9)15(11)12(16)7-8-13(17)18/h3-6H,2,7-8H2,1H3,(H,17,18)/p+1. The first kappa shape index (κ1) is 12.3. The number of aromatic nitrogens is 2. The minimum atomic E-state index is -0.957. The zero-order chi connectivity index (χ0) is 13.1. The minimum absolute atomic E-state index is 0.00878. The fourth-order valence-corrected chi connectivity index (χ4v) is 1.99. The van der Waals surface area contributed by atoms with Gasteiger partial charge in [-0.1, -0.05) is 19.1 Å². The van der Waals surface area contributed by atoms with Crippen LogP contribution in [0.1, 0.15) is 30.4 Å². The molecule has 0 saturated heterocycles. The molecule has 0 bridgehead atoms. The Hall–Kier alpha value is -2.17. The van der Waals surface area contributed by atoms with Gasteiger partial charge in [0.1, 0.15) is 0 Å². The molecule has 1 heterocycles. The third-order valence-electron chi connectivity index (χ3n) is 2.83. The number of nitrogens with one attached hydrogen (secondary N) is 1. The van der Waals surface area contributed by atoms with Crippen molar-refractivity contribution in [3.63, 3.8) is 0 Å². The smallest absolute Gasteiger partial charge is 0.315 e. The predicted molar refractivity (Wildman–Crippen MR) is 65.4 cm³/mol. The minimum Gasteiger partial charge on any atom is -0.481 e. The fraction of sp³-hybridized carbons (Fsp3) is 0.308. The summed E-state index contributed by atoms with van der Waals surface area (Å²) in [6.45, 7) is 1.95. The first-order chi connectivity index (χ1) is 8.63. The number of carboxylic acid groups (broad SMARTS) is 1. The molecule has 18 heavy (non-hydrogen) atoms. The molecule has 2 aromatic rings. The van der Waals surface area contributed by atoms with Gasteiger partial charge in [-0.15, -0.1) is 0 Å². The van der Waals surface area contributed by atoms with Gasteiger partial charge in [-0.05, 0) is 12.1 Å². The van der Waals surface area contributed by atoms with Crippen LogP contribution in [0.4, 0.5) is 0 Å². The summed E-state index contributed by atoms with van der Waals surface area (Å²) in [6, 6.07) is 7.50. The maximum atomic E-state index is 12.1. The van der Waals surface area contributed by atoms with Gasteiger partial charge >= 0.3 is 11.9 Å². The van der Waals surface area contributed by atoms with Crippen molar-refractivity contribution in [2.75, 3.05) is 0 Å². The molecule has 0 radical (unpaired) electrons. The van der Waals surface area contributed by atoms with Gasteiger partial charge in [-0.2, -0.15) is 4.57 Å². The van der Waals surface area contributed by atoms with Gasteiger partial charge in [-0.3, -0.25) is 4.79 Å². The van der Waals surface area contributed by atoms with Crippen molar-refractivity contribution in [1.29, 1.82) is 0 Å². The average Bonchev–Trinajstić information content (AvgIpc) is 2.74. The number of carbonyl (C=O) groups is 2. The lowest BCUT2D eigenvalue weighted by Gasteiger charge is -1.97. The molecule has 0 amide bonds. The Bertz CT molecular complexity index is 601. The maximum Gasteiger partial charge on any atom is 0.315 e. The number of imidazole rings is 1. The van der Waals surface area contributed by atoms with Crippen molar-refractivity contribution in [1.82, 2.24) is 4.57 Å². The number of carboxylic acids is 1. The Morgan fingerprint density at radius 1 is 1.28 bits per heavy atom. The fourth-order valence-electron chi connectivity index (χ4n) is 1.99. The Labute approximate surface area is 104 Å². The van der Waals surface area contributed by atoms with E-state index in [-0.39, 0.29) is 18.7 Å². The van der Waals surface area contributed by atoms with E-state index in [0.29, 0.717) is 6.42 Å². The molecule has 5 nitrogen and oxygen atoms in total. The summed E-state index contributed by atoms with van der Waals surface area (Å²) in [4.78, 5) is 25.8. The summed E-state index contributed by atoms with van der Waals surface area (Å²) < 4.78 is 1.58. The molecule has 0 saturated carbocycles. The Morgan fingerprint density at radius 2 is 2.00 bits per heavy atom. The van der Waals surface area contributed by atoms with E-state index in [4.69, 9.17) is 5.11 Å². The number of para-hydroxylation sites is 2. The SMILES string of the molecule is CCc1[nH+]c2ccccc2n1C(=O)CCC(=O)O. The molecule has 5 heteroatoms. The number of carbonyl (C=O) groups excluding carboxylic acids is 1. The Balaban J connectivity index is 2.41. The van der Waals surface area contributed by atoms with Crippen molar-refractivity contribution in [2.45, 2.75) is 26.2 Å². The molecule has 0 aliphatic rings. The van der Waals surface area contributed by atoms with Crippen LogP contribution >= 0.6 is 0 Å². The number of fused-ring (bicyclic) bond motifs is 1. The van der Waals surface area contributed by atoms with Crippen LogP contribution in [0, 0.1) is 0 Å². The number of nitrogens with zero attached hydrogens (tertiary/aromatic N) is 1. The van der Waals surface area contributed by atoms with E-state index in [9.17, 15) is 9.59 Å². The van der Waals surface area contributed by atoms with Gasteiger partial charge in [0.15, 0.2) is 11.0 Å². The van der Waals surface area contributed by atoms with Crippen molar-refractivity contribution in [2.24, 2.45) is 0 Å². The first-order valence-electron chi connectivity index (χ1n) is 5.90. The maximum absolute atomic E-state index is 12.1. The van der Waals surface area contributed by atoms with E-state index in [1.54, 1.807) is 4.57 Å². The number of aryl methyl sites for hydroxylation is 1. The second-order valence-corrected chi connectivity index (χ2v) is 4.07. The molecular formula is C13H15N2O3+. The summed E-state index contributed by atoms with van der Waals surface area (Å²) in [7, 11) is 0. The van der Waals surface area contributed by atoms with Crippen molar-refractivity contribution in [3.05, 3.63) is 30.1 Å². The zero-order valence-electron chi connectivity index (χ0n) is 10.1. The molecule has 0 aliphatic carbocycles. The number of aromatic amines is 1. The van der Waals surface area contributed by atoms with Gasteiger partial charge in [0, 0.05) is 6.42 Å². The second-order valence-electron chi connectivity index (χ2n) is 4.07. The van der Waals surface area contributed by atoms with Crippen LogP contribution in [0.3, 0.4) is 0 Å². The van der Waals surface area contributed by atoms with E-state index in [1.165, 1.54) is 0 Å². The highest BCUT2D eigenvalue weighted by Gasteiger charge is 2.23. The summed E-state index contributed by atoms with van der Waals surface area (Å²) in [6.07, 6.45) is 0.552. The van der Waals surface area contributed by atoms with Crippen molar-refractivity contribution >= 4 is 22.9 Å². The largest absolute Gasteiger partial charge is 0.481 e. The molecule has 2 N–H and O–H groups in total. The number of aliphatic carboxylic acids is 1. The van der Waals surface area contributed by atoms with Gasteiger partial charge < -0.3 is 5.11 Å². The third kappa shape index (κ3) is 2.25. The Morgan fingerprint density at radius 3 is 2.67 bits per heavy atom. The van der Waals surface area contributed by atoms with Crippen LogP contribution in [-0.2, 0) is 11.2 Å². The van der Waals surface area contributed by atoms with Gasteiger partial charge in [0.25, 0.3) is 5.82 Å². The van der Waals surface area contributed by atoms with Crippen LogP contribution in [0.15, 0.2) is 24.3 Å². The molecule has 0 fully saturated rings. The van der Waals surface area contributed by atoms with Gasteiger partial charge in [0.2, 0.25) is 0 Å². The monoisotopic (exact) mass is 247 g/mol. The molecule has 0 atom stereocenters. The second kappa shape index (κ2) is 5.00. The molecule has 1 aromatic carbocycles. The molecule has 0 spiro atoms. The topological polar surface area (TPSA) is 73.4 Å². The lowest BCUT2D eigenvalue weighted by molar-refractivity contribution is -0.358. The predicted octanol–water partition coefficient (Wildman–Crippen LogP) is 1.52. The number of benzene rings is 1. The van der Waals surface area contributed by atoms with Gasteiger partial charge in [0.05, 0.1) is 12.8 Å². The van der Waals surface area contributed by atoms with E-state index in [2.05, 4.69) is 4.98 Å². The van der Waals surface area contributed by atoms with Crippen LogP contribution in [0.5, 0.6) is 0 Å². The highest BCUT2D eigenvalue weighted by Crippen LogP contribution is 2.13. The summed E-state index contributed by atoms with van der Waals surface area (Å²) in [5, 5.41) is 8.63. The van der Waals surface area contributed by atoms with Crippen molar-refractivity contribution < 1.29 is 19.7 Å². The molecular weight excluding hydrogens is 232 g/mol. The number of H-pyrrole nitrogens is 1. The summed E-state index contributed by atoms with van der Waals surface area (Å²) >= 11 is 0. The molecule has 0 aliphatic heterocycles. The normalized spacial score (nSPS) is 10.7. The summed E-state index contributed by atoms with van der Waals surface area (Å²) in [5.74, 6) is -0.347. The van der Waals surface area contributed by atoms with E-state index < -0.39 is 5.97 Å². The molecule has 0 unspecified atom stereocenters. The Kier molecular flexibility index (Phi) is 3.41. The number of rotatable bonds is 4. The molecule has 94 valence electrons. The van der Waals surface area contributed by atoms with Gasteiger partial charge in [-0.25, -0.2) is 9.78 Å². The highest BCUT2D eigenvalue weighted by atomic mass is 16.4. The number of hydrogen-bond acceptors (Lipinski definition) is 2. The first-order valence-corrected chi connectivity index (χ1v) is 5.90. The number of hydrogen-bond donors (Lipinski definition) is 1. The van der Waals surface area contributed by atoms with Crippen LogP contribution in [0.25, 0.3) is 11.0 Å². The third-order valence-corrected chi connectivity index (χ3v) is 2.83. The molecule has 1 aromatic heterocycles. The van der Waals surface area contributed by atoms with Crippen LogP contribution in [0.2, 0.25) is 0 Å². The van der Waals surface area contributed by atoms with Crippen molar-refractivity contribution in [3.8, 4) is 0 Å². The van der Waals surface area contributed by atoms with Crippen LogP contribution < -0.4 is 4.98 Å². The summed E-state index contributed by atoms with van der Waals surface area (Å²) in [5.41, 5.74) is 1.68. The van der Waals surface area contributed by atoms with E-state index >= 15 is 0 Å². The average molecular weight is 247 g/mol. The zero-order valence-corrected chi connectivity index (χ0v) is 10.1. The molecule has 2 rings (SSSR count). The van der Waals surface area contributed by atoms with Crippen LogP contribution in [-0.4, -0.2) is 21.6 Å². The lowest BCUT2D eigenvalue weighted by Crippen LogP contribution is -2.18. The van der Waals surface area contributed by atoms with E-state index in [0.717, 1.165) is 16.9 Å². The highest BCUT2D eigenvalue weighted by molar-refractivity contribution is 5.90. The lowest BCUT2D eigenvalue weighted by atomic mass is 10.2. The van der Waals surface area contributed by atoms with E-state index in [1.807, 2.05) is 31.2 Å².